The van der Waals surface area contributed by atoms with Gasteiger partial charge in [0.2, 0.25) is 5.91 Å². The molecule has 1 aliphatic rings. The second-order valence-electron chi connectivity index (χ2n) is 10.2. The average molecular weight is 489 g/mol. The number of nitrogens with one attached hydrogen (secondary N) is 1. The molecule has 0 fully saturated rings. The van der Waals surface area contributed by atoms with E-state index in [1.54, 1.807) is 6.08 Å². The Labute approximate surface area is 218 Å². The normalized spacial score (nSPS) is 15.2. The number of aryl methyl sites for hydroxylation is 3. The summed E-state index contributed by atoms with van der Waals surface area (Å²) in [6.07, 6.45) is 6.37. The molecule has 2 aromatic carbocycles. The van der Waals surface area contributed by atoms with Crippen LogP contribution in [-0.2, 0) is 11.2 Å². The van der Waals surface area contributed by atoms with Crippen LogP contribution in [0.15, 0.2) is 60.7 Å². The molecule has 0 aliphatic heterocycles. The summed E-state index contributed by atoms with van der Waals surface area (Å²) in [6, 6.07) is 20.9. The van der Waals surface area contributed by atoms with E-state index in [0.717, 1.165) is 52.9 Å². The minimum atomic E-state index is -0.233. The number of pyridine rings is 1. The largest absolute Gasteiger partial charge is 0.323 e. The minimum Gasteiger partial charge on any atom is -0.323 e. The predicted molar refractivity (Wildman–Crippen MR) is 150 cm³/mol. The van der Waals surface area contributed by atoms with Crippen molar-refractivity contribution in [3.63, 3.8) is 0 Å². The van der Waals surface area contributed by atoms with E-state index in [4.69, 9.17) is 4.98 Å². The molecule has 2 aromatic heterocycles. The Morgan fingerprint density at radius 3 is 2.65 bits per heavy atom. The highest BCUT2D eigenvalue weighted by molar-refractivity contribution is 6.03. The number of benzene rings is 2. The molecule has 0 saturated carbocycles. The molecular weight excluding hydrogens is 456 g/mol. The standard InChI is InChI=1S/C32H32N4O/c1-20(2)23-12-14-25(15-13-23)35-30(37)17-16-29-27(19-33)31-21(3)18-22(4)34-32(31)36(29)28-11-7-9-24-8-5-6-10-26(24)28/h5-6,8,10,12-18,20,28H,7,9,11H2,1-4H3,(H,35,37)/t28-/m0/s1. The highest BCUT2D eigenvalue weighted by Gasteiger charge is 2.28. The van der Waals surface area contributed by atoms with Crippen LogP contribution in [0.4, 0.5) is 5.69 Å². The zero-order valence-corrected chi connectivity index (χ0v) is 21.9. The quantitative estimate of drug-likeness (QED) is 0.301. The number of nitrogens with zero attached hydrogens (tertiary/aromatic N) is 3. The van der Waals surface area contributed by atoms with Gasteiger partial charge in [-0.15, -0.1) is 0 Å². The number of carbonyl (C=O) groups is 1. The molecule has 4 aromatic rings. The molecule has 1 amide bonds. The molecule has 0 radical (unpaired) electrons. The van der Waals surface area contributed by atoms with E-state index in [1.165, 1.54) is 22.8 Å². The van der Waals surface area contributed by atoms with Crippen LogP contribution in [0.3, 0.4) is 0 Å². The fourth-order valence-electron chi connectivity index (χ4n) is 5.54. The van der Waals surface area contributed by atoms with Crippen molar-refractivity contribution in [3.8, 4) is 6.07 Å². The Kier molecular flexibility index (Phi) is 6.67. The Morgan fingerprint density at radius 1 is 1.16 bits per heavy atom. The maximum atomic E-state index is 12.9. The Hall–Kier alpha value is -4.17. The fraction of sp³-hybridized carbons (Fsp3) is 0.281. The van der Waals surface area contributed by atoms with Gasteiger partial charge in [-0.3, -0.25) is 4.79 Å². The van der Waals surface area contributed by atoms with Crippen molar-refractivity contribution >= 4 is 28.7 Å². The molecule has 2 heterocycles. The van der Waals surface area contributed by atoms with Crippen LogP contribution in [0.5, 0.6) is 0 Å². The zero-order valence-electron chi connectivity index (χ0n) is 21.9. The number of amides is 1. The smallest absolute Gasteiger partial charge is 0.248 e. The van der Waals surface area contributed by atoms with Crippen molar-refractivity contribution in [2.75, 3.05) is 5.32 Å². The van der Waals surface area contributed by atoms with Gasteiger partial charge in [0, 0.05) is 22.8 Å². The van der Waals surface area contributed by atoms with Crippen molar-refractivity contribution < 1.29 is 4.79 Å². The second kappa shape index (κ2) is 10.1. The lowest BCUT2D eigenvalue weighted by Crippen LogP contribution is -2.19. The molecule has 1 N–H and O–H groups in total. The van der Waals surface area contributed by atoms with Gasteiger partial charge in [-0.05, 0) is 85.6 Å². The lowest BCUT2D eigenvalue weighted by molar-refractivity contribution is -0.111. The van der Waals surface area contributed by atoms with E-state index in [0.29, 0.717) is 11.5 Å². The van der Waals surface area contributed by atoms with Gasteiger partial charge in [0.15, 0.2) is 0 Å². The highest BCUT2D eigenvalue weighted by atomic mass is 16.1. The molecule has 186 valence electrons. The number of aromatic nitrogens is 2. The molecule has 5 nitrogen and oxygen atoms in total. The van der Waals surface area contributed by atoms with Gasteiger partial charge < -0.3 is 9.88 Å². The van der Waals surface area contributed by atoms with Crippen LogP contribution < -0.4 is 5.32 Å². The van der Waals surface area contributed by atoms with Crippen LogP contribution >= 0.6 is 0 Å². The topological polar surface area (TPSA) is 70.7 Å². The van der Waals surface area contributed by atoms with E-state index in [2.05, 4.69) is 54.1 Å². The number of carbonyl (C=O) groups excluding carboxylic acids is 1. The first-order chi connectivity index (χ1) is 17.9. The van der Waals surface area contributed by atoms with Crippen molar-refractivity contribution in [1.82, 2.24) is 9.55 Å². The van der Waals surface area contributed by atoms with Crippen molar-refractivity contribution in [1.29, 1.82) is 5.26 Å². The van der Waals surface area contributed by atoms with E-state index in [-0.39, 0.29) is 11.9 Å². The third-order valence-electron chi connectivity index (χ3n) is 7.32. The predicted octanol–water partition coefficient (Wildman–Crippen LogP) is 7.23. The summed E-state index contributed by atoms with van der Waals surface area (Å²) in [5, 5.41) is 14.1. The monoisotopic (exact) mass is 488 g/mol. The van der Waals surface area contributed by atoms with Crippen LogP contribution in [0.2, 0.25) is 0 Å². The molecule has 37 heavy (non-hydrogen) atoms. The lowest BCUT2D eigenvalue weighted by Gasteiger charge is -2.28. The minimum absolute atomic E-state index is 0.0505. The number of nitriles is 1. The highest BCUT2D eigenvalue weighted by Crippen LogP contribution is 2.39. The number of hydrogen-bond donors (Lipinski definition) is 1. The first-order valence-electron chi connectivity index (χ1n) is 13.0. The van der Waals surface area contributed by atoms with Gasteiger partial charge in [-0.1, -0.05) is 50.2 Å². The van der Waals surface area contributed by atoms with Crippen molar-refractivity contribution in [3.05, 3.63) is 99.9 Å². The summed E-state index contributed by atoms with van der Waals surface area (Å²) in [7, 11) is 0. The molecule has 5 rings (SSSR count). The van der Waals surface area contributed by atoms with Crippen LogP contribution in [-0.4, -0.2) is 15.5 Å². The first kappa shape index (κ1) is 24.5. The maximum Gasteiger partial charge on any atom is 0.248 e. The molecular formula is C32H32N4O. The lowest BCUT2D eigenvalue weighted by atomic mass is 9.87. The van der Waals surface area contributed by atoms with Crippen LogP contribution in [0, 0.1) is 25.2 Å². The third-order valence-corrected chi connectivity index (χ3v) is 7.32. The van der Waals surface area contributed by atoms with E-state index < -0.39 is 0 Å². The van der Waals surface area contributed by atoms with Gasteiger partial charge in [0.1, 0.15) is 11.7 Å². The number of hydrogen-bond acceptors (Lipinski definition) is 3. The SMILES string of the molecule is Cc1cc(C)c2c(C#N)c(C=CC(=O)Nc3ccc(C(C)C)cc3)n([C@H]3CCCc4ccccc43)c2n1. The number of rotatable bonds is 5. The summed E-state index contributed by atoms with van der Waals surface area (Å²) in [5.41, 5.74) is 8.60. The van der Waals surface area contributed by atoms with E-state index >= 15 is 0 Å². The van der Waals surface area contributed by atoms with Crippen LogP contribution in [0.1, 0.15) is 77.9 Å². The molecule has 0 spiro atoms. The zero-order chi connectivity index (χ0) is 26.1. The molecule has 0 unspecified atom stereocenters. The van der Waals surface area contributed by atoms with E-state index in [1.807, 2.05) is 44.2 Å². The van der Waals surface area contributed by atoms with Gasteiger partial charge in [-0.25, -0.2) is 4.98 Å². The average Bonchev–Trinajstić information content (AvgIpc) is 3.20. The maximum absolute atomic E-state index is 12.9. The van der Waals surface area contributed by atoms with Gasteiger partial charge in [0.25, 0.3) is 0 Å². The molecule has 0 bridgehead atoms. The van der Waals surface area contributed by atoms with Gasteiger partial charge in [-0.2, -0.15) is 5.26 Å². The number of fused-ring (bicyclic) bond motifs is 2. The Morgan fingerprint density at radius 2 is 1.92 bits per heavy atom. The van der Waals surface area contributed by atoms with E-state index in [9.17, 15) is 10.1 Å². The third kappa shape index (κ3) is 4.68. The molecule has 1 atom stereocenters. The molecule has 1 aliphatic carbocycles. The summed E-state index contributed by atoms with van der Waals surface area (Å²) in [6.45, 7) is 8.30. The number of anilines is 1. The van der Waals surface area contributed by atoms with Crippen molar-refractivity contribution in [2.45, 2.75) is 58.9 Å². The van der Waals surface area contributed by atoms with Gasteiger partial charge >= 0.3 is 0 Å². The Balaban J connectivity index is 1.59. The molecule has 5 heteroatoms. The van der Waals surface area contributed by atoms with Gasteiger partial charge in [0.05, 0.1) is 17.3 Å². The summed E-state index contributed by atoms with van der Waals surface area (Å²) < 4.78 is 2.19. The summed E-state index contributed by atoms with van der Waals surface area (Å²) in [5.74, 6) is 0.199. The fourth-order valence-corrected chi connectivity index (χ4v) is 5.54. The molecule has 0 saturated heterocycles. The van der Waals surface area contributed by atoms with Crippen molar-refractivity contribution in [2.24, 2.45) is 0 Å². The second-order valence-corrected chi connectivity index (χ2v) is 10.2. The first-order valence-corrected chi connectivity index (χ1v) is 13.0. The summed E-state index contributed by atoms with van der Waals surface area (Å²) >= 11 is 0. The Bertz CT molecular complexity index is 1550. The van der Waals surface area contributed by atoms with Crippen LogP contribution in [0.25, 0.3) is 17.1 Å². The summed E-state index contributed by atoms with van der Waals surface area (Å²) in [4.78, 5) is 17.8.